The summed E-state index contributed by atoms with van der Waals surface area (Å²) < 4.78 is 50.3. The Kier molecular flexibility index (Phi) is 6.75. The molecule has 44 heavy (non-hydrogen) atoms. The van der Waals surface area contributed by atoms with Gasteiger partial charge in [0.05, 0.1) is 21.4 Å². The fraction of sp³-hybridized carbons (Fsp3) is 0.485. The third-order valence-corrected chi connectivity index (χ3v) is 12.3. The second-order valence-corrected chi connectivity index (χ2v) is 14.8. The van der Waals surface area contributed by atoms with Crippen LogP contribution in [0, 0.1) is 5.82 Å². The van der Waals surface area contributed by atoms with Crippen molar-refractivity contribution < 1.29 is 22.8 Å². The summed E-state index contributed by atoms with van der Waals surface area (Å²) in [4.78, 5) is 18.3. The molecule has 0 spiro atoms. The summed E-state index contributed by atoms with van der Waals surface area (Å²) in [5.41, 5.74) is 1.27. The Morgan fingerprint density at radius 1 is 1.16 bits per heavy atom. The molecule has 230 valence electrons. The summed E-state index contributed by atoms with van der Waals surface area (Å²) >= 11 is 0. The number of hydrogen-bond donors (Lipinski definition) is 1. The van der Waals surface area contributed by atoms with Gasteiger partial charge in [-0.15, -0.1) is 0 Å². The lowest BCUT2D eigenvalue weighted by molar-refractivity contribution is 0.107. The van der Waals surface area contributed by atoms with E-state index < -0.39 is 28.3 Å². The molecule has 11 heteroatoms. The Morgan fingerprint density at radius 2 is 1.98 bits per heavy atom. The average molecular weight is 620 g/mol. The molecule has 0 saturated carbocycles. The van der Waals surface area contributed by atoms with Crippen molar-refractivity contribution in [1.29, 1.82) is 0 Å². The standard InChI is InChI=1S/C33H35F2N5O3S/c1-2-19-5-3-6-20-11-22(41)12-25(27(19)20)29-28(35)30-26(14-36-29)31(39-16-23-7-8-24(17-39)44(23)42)38-32(37-30)43-18-33-9-4-10-40(33)15-21(34)13-33/h3,5-6,11-12,14,21,23-24,41H,2,4,7-10,13,15-18H2,1H3/t21-,23?,24?,33+,44?/m1/s1. The van der Waals surface area contributed by atoms with E-state index >= 15 is 4.39 Å². The quantitative estimate of drug-likeness (QED) is 0.311. The Balaban J connectivity index is 1.26. The average Bonchev–Trinajstić information content (AvgIpc) is 3.59. The molecule has 2 unspecified atom stereocenters. The molecule has 2 bridgehead atoms. The molecule has 0 amide bonds. The van der Waals surface area contributed by atoms with Crippen LogP contribution in [0.1, 0.15) is 44.6 Å². The number of aryl methyl sites for hydroxylation is 1. The number of ether oxygens (including phenoxy) is 1. The van der Waals surface area contributed by atoms with E-state index in [1.165, 1.54) is 0 Å². The Morgan fingerprint density at radius 3 is 2.77 bits per heavy atom. The van der Waals surface area contributed by atoms with E-state index in [0.29, 0.717) is 42.8 Å². The lowest BCUT2D eigenvalue weighted by Crippen LogP contribution is -2.45. The number of hydrogen-bond acceptors (Lipinski definition) is 8. The molecule has 4 saturated heterocycles. The van der Waals surface area contributed by atoms with Crippen LogP contribution in [0.4, 0.5) is 14.6 Å². The maximum atomic E-state index is 16.8. The number of alkyl halides is 1. The zero-order valence-electron chi connectivity index (χ0n) is 24.6. The SMILES string of the molecule is CCc1cccc2cc(O)cc(-c3ncc4c(N5CC6CCC(C5)S6=O)nc(OC[C@@]56CCCN5C[C@H](F)C6)nc4c3F)c12. The van der Waals surface area contributed by atoms with E-state index in [-0.39, 0.29) is 40.1 Å². The van der Waals surface area contributed by atoms with Crippen LogP contribution in [0.2, 0.25) is 0 Å². The number of anilines is 1. The van der Waals surface area contributed by atoms with Crippen molar-refractivity contribution in [3.8, 4) is 23.0 Å². The van der Waals surface area contributed by atoms with Gasteiger partial charge >= 0.3 is 6.01 Å². The first-order valence-electron chi connectivity index (χ1n) is 15.6. The number of phenols is 1. The van der Waals surface area contributed by atoms with Crippen molar-refractivity contribution in [2.24, 2.45) is 0 Å². The molecular weight excluding hydrogens is 584 g/mol. The summed E-state index contributed by atoms with van der Waals surface area (Å²) in [6.45, 7) is 4.61. The Hall–Kier alpha value is -3.44. The number of nitrogens with zero attached hydrogens (tertiary/aromatic N) is 5. The van der Waals surface area contributed by atoms with Crippen LogP contribution in [-0.2, 0) is 17.2 Å². The van der Waals surface area contributed by atoms with Crippen LogP contribution < -0.4 is 9.64 Å². The van der Waals surface area contributed by atoms with E-state index in [4.69, 9.17) is 9.72 Å². The van der Waals surface area contributed by atoms with Crippen molar-refractivity contribution in [3.05, 3.63) is 47.9 Å². The second kappa shape index (κ2) is 10.6. The predicted octanol–water partition coefficient (Wildman–Crippen LogP) is 5.31. The summed E-state index contributed by atoms with van der Waals surface area (Å²) in [6, 6.07) is 9.09. The Bertz CT molecular complexity index is 1810. The van der Waals surface area contributed by atoms with Gasteiger partial charge in [-0.3, -0.25) is 14.1 Å². The van der Waals surface area contributed by atoms with Crippen molar-refractivity contribution in [1.82, 2.24) is 19.9 Å². The van der Waals surface area contributed by atoms with Crippen LogP contribution in [0.15, 0.2) is 36.5 Å². The first kappa shape index (κ1) is 28.1. The van der Waals surface area contributed by atoms with Gasteiger partial charge in [0.15, 0.2) is 5.82 Å². The molecule has 4 aliphatic rings. The molecule has 8 rings (SSSR count). The van der Waals surface area contributed by atoms with Crippen molar-refractivity contribution in [3.63, 3.8) is 0 Å². The predicted molar refractivity (Wildman–Crippen MR) is 167 cm³/mol. The number of fused-ring (bicyclic) bond motifs is 5. The van der Waals surface area contributed by atoms with Gasteiger partial charge in [0.25, 0.3) is 0 Å². The molecule has 8 nitrogen and oxygen atoms in total. The molecule has 0 radical (unpaired) electrons. The van der Waals surface area contributed by atoms with Crippen molar-refractivity contribution >= 4 is 38.3 Å². The zero-order chi connectivity index (χ0) is 30.2. The monoisotopic (exact) mass is 619 g/mol. The summed E-state index contributed by atoms with van der Waals surface area (Å²) in [6.07, 6.45) is 5.44. The largest absolute Gasteiger partial charge is 0.508 e. The summed E-state index contributed by atoms with van der Waals surface area (Å²) in [7, 11) is -0.887. The van der Waals surface area contributed by atoms with E-state index in [0.717, 1.165) is 55.0 Å². The highest BCUT2D eigenvalue weighted by molar-refractivity contribution is 7.86. The topological polar surface area (TPSA) is 91.7 Å². The molecule has 4 atom stereocenters. The maximum absolute atomic E-state index is 16.8. The van der Waals surface area contributed by atoms with E-state index in [2.05, 4.69) is 19.8 Å². The van der Waals surface area contributed by atoms with Gasteiger partial charge < -0.3 is 14.7 Å². The van der Waals surface area contributed by atoms with Crippen LogP contribution in [-0.4, -0.2) is 84.2 Å². The van der Waals surface area contributed by atoms with E-state index in [1.54, 1.807) is 18.3 Å². The van der Waals surface area contributed by atoms with Crippen LogP contribution in [0.5, 0.6) is 11.8 Å². The normalized spacial score (nSPS) is 28.3. The van der Waals surface area contributed by atoms with Crippen LogP contribution >= 0.6 is 0 Å². The van der Waals surface area contributed by atoms with E-state index in [1.807, 2.05) is 25.1 Å². The number of phenolic OH excluding ortho intramolecular Hbond substituents is 1. The summed E-state index contributed by atoms with van der Waals surface area (Å²) in [5.74, 6) is -0.0841. The summed E-state index contributed by atoms with van der Waals surface area (Å²) in [5, 5.41) is 12.8. The molecule has 4 fully saturated rings. The van der Waals surface area contributed by atoms with Gasteiger partial charge in [-0.1, -0.05) is 25.1 Å². The van der Waals surface area contributed by atoms with Gasteiger partial charge in [0.1, 0.15) is 35.6 Å². The highest BCUT2D eigenvalue weighted by atomic mass is 32.2. The number of aromatic nitrogens is 3. The van der Waals surface area contributed by atoms with Crippen molar-refractivity contribution in [2.75, 3.05) is 37.7 Å². The molecule has 4 aliphatic heterocycles. The second-order valence-electron chi connectivity index (χ2n) is 12.8. The molecular formula is C33H35F2N5O3S. The van der Waals surface area contributed by atoms with Crippen LogP contribution in [0.3, 0.4) is 0 Å². The first-order chi connectivity index (χ1) is 21.3. The van der Waals surface area contributed by atoms with Crippen LogP contribution in [0.25, 0.3) is 32.9 Å². The number of halogens is 2. The molecule has 0 aliphatic carbocycles. The number of benzene rings is 2. The highest BCUT2D eigenvalue weighted by Crippen LogP contribution is 2.42. The first-order valence-corrected chi connectivity index (χ1v) is 16.9. The van der Waals surface area contributed by atoms with Gasteiger partial charge in [0, 0.05) is 48.6 Å². The molecule has 2 aromatic carbocycles. The molecule has 1 N–H and O–H groups in total. The number of aromatic hydroxyl groups is 1. The zero-order valence-corrected chi connectivity index (χ0v) is 25.5. The van der Waals surface area contributed by atoms with Crippen molar-refractivity contribution in [2.45, 2.75) is 67.7 Å². The van der Waals surface area contributed by atoms with E-state index in [9.17, 15) is 13.7 Å². The lowest BCUT2D eigenvalue weighted by atomic mass is 9.95. The third kappa shape index (κ3) is 4.45. The molecule has 4 aromatic rings. The fourth-order valence-corrected chi connectivity index (χ4v) is 10.0. The number of pyridine rings is 1. The minimum atomic E-state index is -0.895. The van der Waals surface area contributed by atoms with Gasteiger partial charge in [0.2, 0.25) is 0 Å². The Labute approximate surface area is 256 Å². The van der Waals surface area contributed by atoms with Gasteiger partial charge in [-0.2, -0.15) is 9.97 Å². The lowest BCUT2D eigenvalue weighted by Gasteiger charge is -2.33. The number of rotatable bonds is 6. The van der Waals surface area contributed by atoms with Gasteiger partial charge in [-0.05, 0) is 67.1 Å². The fourth-order valence-electron chi connectivity index (χ4n) is 8.08. The minimum Gasteiger partial charge on any atom is -0.508 e. The maximum Gasteiger partial charge on any atom is 0.319 e. The van der Waals surface area contributed by atoms with Gasteiger partial charge in [-0.25, -0.2) is 8.78 Å². The molecule has 6 heterocycles. The molecule has 2 aromatic heterocycles. The highest BCUT2D eigenvalue weighted by Gasteiger charge is 2.49. The smallest absolute Gasteiger partial charge is 0.319 e. The third-order valence-electron chi connectivity index (χ3n) is 10.2. The minimum absolute atomic E-state index is 0.0225.